The average molecular weight is 555 g/mol. The van der Waals surface area contributed by atoms with E-state index in [0.717, 1.165) is 0 Å². The first kappa shape index (κ1) is 30.0. The van der Waals surface area contributed by atoms with Gasteiger partial charge < -0.3 is 0 Å². The Morgan fingerprint density at radius 1 is 1.17 bits per heavy atom. The molecule has 0 aromatic rings. The normalized spacial score (nSPS) is 1.00. The van der Waals surface area contributed by atoms with Gasteiger partial charge in [0.1, 0.15) is 0 Å². The summed E-state index contributed by atoms with van der Waals surface area (Å²) in [4.78, 5) is 0. The van der Waals surface area contributed by atoms with Crippen LogP contribution in [-0.4, -0.2) is 159 Å². The van der Waals surface area contributed by atoms with Gasteiger partial charge in [-0.1, -0.05) is 0 Å². The molecule has 1 nitrogen and oxygen atoms in total. The molecule has 0 bridgehead atoms. The van der Waals surface area contributed by atoms with Crippen LogP contribution in [0.25, 0.3) is 0 Å². The molecule has 0 unspecified atom stereocenters. The maximum atomic E-state index is 7.81. The summed E-state index contributed by atoms with van der Waals surface area (Å²) >= 11 is 2.94. The average Bonchev–Trinajstić information content (AvgIpc) is 1.00. The molecule has 0 fully saturated rings. The zero-order chi connectivity index (χ0) is 2.00. The molecule has 0 atom stereocenters. The summed E-state index contributed by atoms with van der Waals surface area (Å²) in [5, 5.41) is 0. The molecular weight excluding hydrogens is 549 g/mol. The first-order valence-corrected chi connectivity index (χ1v) is 0.508. The van der Waals surface area contributed by atoms with Gasteiger partial charge in [0.25, 0.3) is 0 Å². The molecule has 1 radical (unpaired) electrons. The first-order valence-electron chi connectivity index (χ1n) is 0.123. The molecule has 0 heterocycles. The molecule has 0 aliphatic rings. The minimum absolute atomic E-state index is 0. The van der Waals surface area contributed by atoms with Crippen LogP contribution in [0.1, 0.15) is 0 Å². The van der Waals surface area contributed by atoms with Crippen LogP contribution < -0.4 is 0 Å². The summed E-state index contributed by atoms with van der Waals surface area (Å²) in [7, 11) is 0. The molecule has 0 spiro atoms. The fraction of sp³-hybridized carbons (Fsp3) is 0. The summed E-state index contributed by atoms with van der Waals surface area (Å²) in [5.74, 6) is 0. The standard InChI is InChI=1S/Ba.Ca.Cu.O.Sr.Tl.6H. The molecule has 0 aliphatic heterocycles. The summed E-state index contributed by atoms with van der Waals surface area (Å²) in [5.41, 5.74) is 0. The maximum Gasteiger partial charge on any atom is 0 e. The molecule has 0 aliphatic carbocycles. The second kappa shape index (κ2) is 31.2. The Morgan fingerprint density at radius 3 is 1.17 bits per heavy atom. The molecule has 0 aromatic heterocycles. The van der Waals surface area contributed by atoms with E-state index in [1.54, 1.807) is 0 Å². The van der Waals surface area contributed by atoms with Crippen molar-refractivity contribution in [3.8, 4) is 0 Å². The van der Waals surface area contributed by atoms with E-state index in [4.69, 9.17) is 3.83 Å². The third-order valence-corrected chi connectivity index (χ3v) is 0. The van der Waals surface area contributed by atoms with Crippen molar-refractivity contribution in [1.82, 2.24) is 0 Å². The van der Waals surface area contributed by atoms with E-state index in [1.165, 1.54) is 0 Å². The van der Waals surface area contributed by atoms with Crippen LogP contribution in [0.2, 0.25) is 0 Å². The van der Waals surface area contributed by atoms with Crippen molar-refractivity contribution >= 4 is 159 Å². The second-order valence-electron chi connectivity index (χ2n) is 0. The Bertz CT molecular complexity index is 15.5. The Kier molecular flexibility index (Phi) is 156. The molecule has 0 saturated carbocycles. The molecule has 0 aromatic carbocycles. The van der Waals surface area contributed by atoms with Crippen molar-refractivity contribution in [1.29, 1.82) is 0 Å². The molecule has 0 amide bonds. The van der Waals surface area contributed by atoms with Gasteiger partial charge in [-0.3, -0.25) is 0 Å². The fourth-order valence-corrected chi connectivity index (χ4v) is 0. The van der Waals surface area contributed by atoms with Crippen molar-refractivity contribution in [2.24, 2.45) is 0 Å². The number of rotatable bonds is 0. The van der Waals surface area contributed by atoms with Crippen molar-refractivity contribution in [3.05, 3.63) is 0 Å². The summed E-state index contributed by atoms with van der Waals surface area (Å²) in [6.45, 7) is 0. The largest absolute Gasteiger partial charge is 0 e. The monoisotopic (exact) mass is 556 g/mol. The molecule has 32 valence electrons. The molecule has 0 N–H and O–H groups in total. The van der Waals surface area contributed by atoms with Gasteiger partial charge in [0.2, 0.25) is 0 Å². The Balaban J connectivity index is -0.000000000833. The van der Waals surface area contributed by atoms with Gasteiger partial charge in [-0.25, -0.2) is 0 Å². The van der Waals surface area contributed by atoms with Crippen LogP contribution in [0.3, 0.4) is 0 Å². The predicted octanol–water partition coefficient (Wildman–Crippen LogP) is -3.25. The molecular formula is H6BaCaCuOSrTl. The van der Waals surface area contributed by atoms with E-state index in [0.29, 0.717) is 0 Å². The quantitative estimate of drug-likeness (QED) is 0.288. The zero-order valence-corrected chi connectivity index (χ0v) is 6.72. The summed E-state index contributed by atoms with van der Waals surface area (Å²) in [6, 6.07) is 0. The molecule has 6 heavy (non-hydrogen) atoms. The van der Waals surface area contributed by atoms with E-state index in [1.807, 2.05) is 0 Å². The van der Waals surface area contributed by atoms with Crippen LogP contribution in [0.5, 0.6) is 0 Å². The summed E-state index contributed by atoms with van der Waals surface area (Å²) in [6.07, 6.45) is 0. The molecule has 6 heteroatoms. The van der Waals surface area contributed by atoms with E-state index in [-0.39, 0.29) is 159 Å². The summed E-state index contributed by atoms with van der Waals surface area (Å²) < 4.78 is 7.81. The van der Waals surface area contributed by atoms with Crippen LogP contribution in [0.15, 0.2) is 0 Å². The van der Waals surface area contributed by atoms with Crippen molar-refractivity contribution < 1.29 is 19.8 Å². The predicted molar refractivity (Wildman–Crippen MR) is 32.1 cm³/mol. The van der Waals surface area contributed by atoms with Crippen LogP contribution in [0, 0.1) is 0 Å². The van der Waals surface area contributed by atoms with E-state index in [2.05, 4.69) is 15.9 Å². The van der Waals surface area contributed by atoms with Crippen molar-refractivity contribution in [2.45, 2.75) is 0 Å². The Hall–Kier alpha value is 5.55. The number of hydrogen-bond acceptors (Lipinski definition) is 1. The van der Waals surface area contributed by atoms with Crippen LogP contribution in [0.4, 0.5) is 0 Å². The third-order valence-electron chi connectivity index (χ3n) is 0. The topological polar surface area (TPSA) is 17.1 Å². The third kappa shape index (κ3) is 22.7. The Morgan fingerprint density at radius 2 is 1.17 bits per heavy atom. The van der Waals surface area contributed by atoms with Gasteiger partial charge in [0.15, 0.2) is 0 Å². The molecule has 0 rings (SSSR count). The van der Waals surface area contributed by atoms with Gasteiger partial charge in [0.05, 0.1) is 0 Å². The SMILES string of the molecule is [BaH2].[CaH2].[O]=[Cu].[SrH2].[Tl]. The smallest absolute Gasteiger partial charge is 0 e. The van der Waals surface area contributed by atoms with Gasteiger partial charge in [-0.15, -0.1) is 0 Å². The van der Waals surface area contributed by atoms with Crippen molar-refractivity contribution in [3.63, 3.8) is 0 Å². The zero-order valence-electron chi connectivity index (χ0n) is 1.29. The number of hydrogen-bond donors (Lipinski definition) is 0. The minimum atomic E-state index is 0. The second-order valence-corrected chi connectivity index (χ2v) is 0. The minimum Gasteiger partial charge on any atom is 0 e. The van der Waals surface area contributed by atoms with Gasteiger partial charge in [-0.2, -0.15) is 0 Å². The van der Waals surface area contributed by atoms with Gasteiger partial charge in [0, 0.05) is 27.3 Å². The Labute approximate surface area is 173 Å². The maximum absolute atomic E-state index is 7.81. The van der Waals surface area contributed by atoms with Gasteiger partial charge in [-0.05, 0) is 0 Å². The van der Waals surface area contributed by atoms with E-state index < -0.39 is 0 Å². The van der Waals surface area contributed by atoms with E-state index >= 15 is 0 Å². The molecule has 0 saturated heterocycles. The van der Waals surface area contributed by atoms with Crippen LogP contribution in [-0.2, 0) is 19.8 Å². The van der Waals surface area contributed by atoms with E-state index in [9.17, 15) is 0 Å². The van der Waals surface area contributed by atoms with Crippen molar-refractivity contribution in [2.75, 3.05) is 0 Å². The van der Waals surface area contributed by atoms with Gasteiger partial charge >= 0.3 is 152 Å². The van der Waals surface area contributed by atoms with Crippen LogP contribution >= 0.6 is 0 Å². The fourth-order valence-electron chi connectivity index (χ4n) is 0. The first-order chi connectivity index (χ1) is 1.00.